The predicted octanol–water partition coefficient (Wildman–Crippen LogP) is 3.27. The minimum absolute atomic E-state index is 0. The van der Waals surface area contributed by atoms with Gasteiger partial charge in [-0.15, -0.1) is 12.4 Å². The molecule has 2 N–H and O–H groups in total. The molecule has 1 fully saturated rings. The molecule has 0 spiro atoms. The van der Waals surface area contributed by atoms with E-state index in [2.05, 4.69) is 28.1 Å². The number of nitrogens with two attached hydrogens (primary N) is 1. The van der Waals surface area contributed by atoms with E-state index in [-0.39, 0.29) is 24.4 Å². The van der Waals surface area contributed by atoms with Crippen LogP contribution in [0.1, 0.15) is 37.3 Å². The van der Waals surface area contributed by atoms with Crippen LogP contribution in [0.5, 0.6) is 0 Å². The molecule has 1 atom stereocenters. The van der Waals surface area contributed by atoms with Gasteiger partial charge >= 0.3 is 0 Å². The molecule has 1 aliphatic rings. The maximum atomic E-state index is 12.1. The quantitative estimate of drug-likeness (QED) is 0.908. The number of carbonyl (C=O) groups excluding carboxylic acids is 1. The SMILES string of the molecule is Cl.NCCCC(=O)N1CCCC1c1cccc(Br)c1. The van der Waals surface area contributed by atoms with E-state index in [4.69, 9.17) is 5.73 Å². The van der Waals surface area contributed by atoms with Crippen molar-refractivity contribution in [3.05, 3.63) is 34.3 Å². The molecule has 1 aromatic rings. The fraction of sp³-hybridized carbons (Fsp3) is 0.500. The third-order valence-corrected chi connectivity index (χ3v) is 3.89. The van der Waals surface area contributed by atoms with Crippen LogP contribution in [-0.2, 0) is 4.79 Å². The molecule has 106 valence electrons. The van der Waals surface area contributed by atoms with E-state index in [0.717, 1.165) is 30.3 Å². The monoisotopic (exact) mass is 346 g/mol. The average Bonchev–Trinajstić information content (AvgIpc) is 2.85. The van der Waals surface area contributed by atoms with Gasteiger partial charge in [0.2, 0.25) is 5.91 Å². The van der Waals surface area contributed by atoms with Crippen molar-refractivity contribution in [1.82, 2.24) is 4.90 Å². The first kappa shape index (κ1) is 16.5. The Hall–Kier alpha value is -0.580. The number of halogens is 2. The summed E-state index contributed by atoms with van der Waals surface area (Å²) < 4.78 is 1.07. The van der Waals surface area contributed by atoms with Crippen molar-refractivity contribution in [3.8, 4) is 0 Å². The lowest BCUT2D eigenvalue weighted by Crippen LogP contribution is -2.30. The Balaban J connectivity index is 0.00000180. The summed E-state index contributed by atoms with van der Waals surface area (Å²) in [6, 6.07) is 8.50. The Bertz CT molecular complexity index is 428. The Kier molecular flexibility index (Phi) is 6.83. The second-order valence-corrected chi connectivity index (χ2v) is 5.61. The van der Waals surface area contributed by atoms with Crippen LogP contribution >= 0.6 is 28.3 Å². The smallest absolute Gasteiger partial charge is 0.223 e. The number of hydrogen-bond acceptors (Lipinski definition) is 2. The molecule has 0 aliphatic carbocycles. The molecule has 1 heterocycles. The molecule has 1 unspecified atom stereocenters. The molecule has 2 rings (SSSR count). The Morgan fingerprint density at radius 3 is 2.95 bits per heavy atom. The Morgan fingerprint density at radius 1 is 1.47 bits per heavy atom. The van der Waals surface area contributed by atoms with Crippen LogP contribution in [0.4, 0.5) is 0 Å². The molecule has 0 bridgehead atoms. The summed E-state index contributed by atoms with van der Waals surface area (Å²) in [5.74, 6) is 0.239. The van der Waals surface area contributed by atoms with Crippen molar-refractivity contribution >= 4 is 34.2 Å². The predicted molar refractivity (Wildman–Crippen MR) is 83.4 cm³/mol. The zero-order valence-electron chi connectivity index (χ0n) is 10.8. The summed E-state index contributed by atoms with van der Waals surface area (Å²) in [5, 5.41) is 0. The standard InChI is InChI=1S/C14H19BrN2O.ClH/c15-12-5-1-4-11(10-12)13-6-3-9-17(13)14(18)7-2-8-16;/h1,4-5,10,13H,2-3,6-9,16H2;1H. The summed E-state index contributed by atoms with van der Waals surface area (Å²) in [6.45, 7) is 1.46. The number of rotatable bonds is 4. The van der Waals surface area contributed by atoms with Crippen LogP contribution in [0, 0.1) is 0 Å². The third-order valence-electron chi connectivity index (χ3n) is 3.40. The third kappa shape index (κ3) is 4.20. The molecule has 0 saturated carbocycles. The van der Waals surface area contributed by atoms with Gasteiger partial charge in [-0.1, -0.05) is 28.1 Å². The molecule has 1 saturated heterocycles. The number of nitrogens with zero attached hydrogens (tertiary/aromatic N) is 1. The number of likely N-dealkylation sites (tertiary alicyclic amines) is 1. The Labute approximate surface area is 129 Å². The highest BCUT2D eigenvalue weighted by atomic mass is 79.9. The molecule has 3 nitrogen and oxygen atoms in total. The topological polar surface area (TPSA) is 46.3 Å². The summed E-state index contributed by atoms with van der Waals surface area (Å²) >= 11 is 3.49. The van der Waals surface area contributed by atoms with E-state index in [1.54, 1.807) is 0 Å². The first-order chi connectivity index (χ1) is 8.72. The van der Waals surface area contributed by atoms with Crippen LogP contribution in [0.2, 0.25) is 0 Å². The fourth-order valence-electron chi connectivity index (χ4n) is 2.52. The van der Waals surface area contributed by atoms with Crippen LogP contribution in [-0.4, -0.2) is 23.9 Å². The van der Waals surface area contributed by atoms with E-state index < -0.39 is 0 Å². The molecule has 5 heteroatoms. The molecule has 1 aliphatic heterocycles. The molecule has 1 amide bonds. The van der Waals surface area contributed by atoms with Gasteiger partial charge in [-0.2, -0.15) is 0 Å². The second kappa shape index (κ2) is 7.88. The van der Waals surface area contributed by atoms with Gasteiger partial charge in [-0.25, -0.2) is 0 Å². The molecule has 19 heavy (non-hydrogen) atoms. The normalized spacial score (nSPS) is 18.2. The lowest BCUT2D eigenvalue weighted by Gasteiger charge is -2.25. The molecular formula is C14H20BrClN2O. The lowest BCUT2D eigenvalue weighted by atomic mass is 10.0. The summed E-state index contributed by atoms with van der Waals surface area (Å²) in [5.41, 5.74) is 6.69. The highest BCUT2D eigenvalue weighted by Crippen LogP contribution is 2.33. The van der Waals surface area contributed by atoms with Gasteiger partial charge in [0, 0.05) is 17.4 Å². The summed E-state index contributed by atoms with van der Waals surface area (Å²) in [6.07, 6.45) is 3.50. The lowest BCUT2D eigenvalue weighted by molar-refractivity contribution is -0.132. The van der Waals surface area contributed by atoms with Gasteiger partial charge in [0.1, 0.15) is 0 Å². The van der Waals surface area contributed by atoms with Gasteiger partial charge < -0.3 is 10.6 Å². The average molecular weight is 348 g/mol. The number of benzene rings is 1. The van der Waals surface area contributed by atoms with E-state index >= 15 is 0 Å². The van der Waals surface area contributed by atoms with E-state index in [1.807, 2.05) is 17.0 Å². The van der Waals surface area contributed by atoms with Crippen LogP contribution in [0.15, 0.2) is 28.7 Å². The zero-order valence-corrected chi connectivity index (χ0v) is 13.3. The number of hydrogen-bond donors (Lipinski definition) is 1. The molecule has 0 aromatic heterocycles. The van der Waals surface area contributed by atoms with Gasteiger partial charge in [0.05, 0.1) is 6.04 Å². The number of amides is 1. The molecule has 1 aromatic carbocycles. The maximum Gasteiger partial charge on any atom is 0.223 e. The van der Waals surface area contributed by atoms with Crippen molar-refractivity contribution in [1.29, 1.82) is 0 Å². The maximum absolute atomic E-state index is 12.1. The van der Waals surface area contributed by atoms with Gasteiger partial charge in [0.25, 0.3) is 0 Å². The first-order valence-electron chi connectivity index (χ1n) is 6.47. The van der Waals surface area contributed by atoms with E-state index in [0.29, 0.717) is 13.0 Å². The van der Waals surface area contributed by atoms with Crippen molar-refractivity contribution in [2.45, 2.75) is 31.7 Å². The van der Waals surface area contributed by atoms with Crippen molar-refractivity contribution in [2.75, 3.05) is 13.1 Å². The Morgan fingerprint density at radius 2 is 2.26 bits per heavy atom. The highest BCUT2D eigenvalue weighted by Gasteiger charge is 2.29. The van der Waals surface area contributed by atoms with Gasteiger partial charge in [-0.05, 0) is 43.5 Å². The minimum Gasteiger partial charge on any atom is -0.336 e. The van der Waals surface area contributed by atoms with E-state index in [9.17, 15) is 4.79 Å². The molecular weight excluding hydrogens is 328 g/mol. The van der Waals surface area contributed by atoms with E-state index in [1.165, 1.54) is 5.56 Å². The van der Waals surface area contributed by atoms with Crippen molar-refractivity contribution < 1.29 is 4.79 Å². The minimum atomic E-state index is 0. The van der Waals surface area contributed by atoms with Crippen LogP contribution in [0.3, 0.4) is 0 Å². The van der Waals surface area contributed by atoms with Crippen LogP contribution in [0.25, 0.3) is 0 Å². The summed E-state index contributed by atoms with van der Waals surface area (Å²) in [4.78, 5) is 14.1. The first-order valence-corrected chi connectivity index (χ1v) is 7.26. The van der Waals surface area contributed by atoms with Gasteiger partial charge in [-0.3, -0.25) is 4.79 Å². The summed E-state index contributed by atoms with van der Waals surface area (Å²) in [7, 11) is 0. The largest absolute Gasteiger partial charge is 0.336 e. The van der Waals surface area contributed by atoms with Gasteiger partial charge in [0.15, 0.2) is 0 Å². The van der Waals surface area contributed by atoms with Crippen LogP contribution < -0.4 is 5.73 Å². The zero-order chi connectivity index (χ0) is 13.0. The highest BCUT2D eigenvalue weighted by molar-refractivity contribution is 9.10. The molecule has 0 radical (unpaired) electrons. The van der Waals surface area contributed by atoms with Crippen molar-refractivity contribution in [2.24, 2.45) is 5.73 Å². The number of carbonyl (C=O) groups is 1. The second-order valence-electron chi connectivity index (χ2n) is 4.69. The van der Waals surface area contributed by atoms with Crippen molar-refractivity contribution in [3.63, 3.8) is 0 Å². The fourth-order valence-corrected chi connectivity index (χ4v) is 2.94.